The number of hydrogen-bond donors (Lipinski definition) is 0. The van der Waals surface area contributed by atoms with Gasteiger partial charge in [0.1, 0.15) is 0 Å². The number of ether oxygens (including phenoxy) is 2. The first-order valence-corrected chi connectivity index (χ1v) is 8.60. The fourth-order valence-electron chi connectivity index (χ4n) is 3.32. The maximum Gasteiger partial charge on any atom is 0.246 e. The summed E-state index contributed by atoms with van der Waals surface area (Å²) in [6.45, 7) is 2.86. The molecule has 1 fully saturated rings. The zero-order chi connectivity index (χ0) is 17.1. The first-order valence-electron chi connectivity index (χ1n) is 8.60. The fraction of sp³-hybridized carbons (Fsp3) is 0.368. The predicted molar refractivity (Wildman–Crippen MR) is 93.1 cm³/mol. The average Bonchev–Trinajstić information content (AvgIpc) is 3.31. The van der Waals surface area contributed by atoms with E-state index in [-0.39, 0.29) is 12.7 Å². The number of amides is 1. The van der Waals surface area contributed by atoms with Gasteiger partial charge in [-0.15, -0.1) is 0 Å². The summed E-state index contributed by atoms with van der Waals surface area (Å²) in [5, 5.41) is 0. The topological polar surface area (TPSA) is 56.6 Å². The number of likely N-dealkylation sites (tertiary alicyclic amines) is 1. The molecule has 0 saturated carbocycles. The molecule has 1 aromatic heterocycles. The average molecular weight is 339 g/mol. The van der Waals surface area contributed by atoms with Crippen LogP contribution in [0.2, 0.25) is 0 Å². The Morgan fingerprint density at radius 2 is 2.08 bits per heavy atom. The van der Waals surface area contributed by atoms with Crippen LogP contribution in [0.1, 0.15) is 18.4 Å². The number of rotatable bonds is 4. The molecule has 25 heavy (non-hydrogen) atoms. The van der Waals surface area contributed by atoms with Crippen molar-refractivity contribution in [1.82, 2.24) is 14.5 Å². The molecular formula is C19H21N3O3. The van der Waals surface area contributed by atoms with Crippen LogP contribution in [0.25, 0.3) is 6.08 Å². The van der Waals surface area contributed by atoms with E-state index in [9.17, 15) is 4.79 Å². The lowest BCUT2D eigenvalue weighted by Crippen LogP contribution is -2.38. The Bertz CT molecular complexity index is 762. The maximum atomic E-state index is 12.4. The highest BCUT2D eigenvalue weighted by atomic mass is 16.7. The summed E-state index contributed by atoms with van der Waals surface area (Å²) in [4.78, 5) is 18.4. The zero-order valence-electron chi connectivity index (χ0n) is 14.0. The van der Waals surface area contributed by atoms with E-state index >= 15 is 0 Å². The van der Waals surface area contributed by atoms with Crippen LogP contribution in [-0.2, 0) is 11.3 Å². The molecule has 2 aromatic rings. The van der Waals surface area contributed by atoms with Crippen LogP contribution in [0.3, 0.4) is 0 Å². The molecule has 1 amide bonds. The molecule has 0 atom stereocenters. The second-order valence-corrected chi connectivity index (χ2v) is 6.47. The summed E-state index contributed by atoms with van der Waals surface area (Å²) < 4.78 is 12.8. The van der Waals surface area contributed by atoms with Gasteiger partial charge in [-0.05, 0) is 42.5 Å². The van der Waals surface area contributed by atoms with Crippen LogP contribution in [0.15, 0.2) is 43.0 Å². The van der Waals surface area contributed by atoms with Crippen molar-refractivity contribution in [3.63, 3.8) is 0 Å². The molecule has 0 bridgehead atoms. The Kier molecular flexibility index (Phi) is 4.41. The summed E-state index contributed by atoms with van der Waals surface area (Å²) in [7, 11) is 0. The second-order valence-electron chi connectivity index (χ2n) is 6.47. The Balaban J connectivity index is 1.30. The minimum atomic E-state index is 0.0683. The van der Waals surface area contributed by atoms with Crippen molar-refractivity contribution in [1.29, 1.82) is 0 Å². The molecule has 1 aromatic carbocycles. The fourth-order valence-corrected chi connectivity index (χ4v) is 3.32. The van der Waals surface area contributed by atoms with Crippen molar-refractivity contribution in [3.8, 4) is 11.5 Å². The minimum Gasteiger partial charge on any atom is -0.454 e. The van der Waals surface area contributed by atoms with Crippen LogP contribution in [-0.4, -0.2) is 40.2 Å². The normalized spacial score (nSPS) is 17.4. The standard InChI is InChI=1S/C19H21N3O3/c23-19(4-2-15-1-3-17-18(11-15)25-14-24-17)22-8-5-16(6-9-22)12-21-10-7-20-13-21/h1-4,7,10-11,13,16H,5-6,8-9,12,14H2/b4-2+. The highest BCUT2D eigenvalue weighted by Gasteiger charge is 2.21. The quantitative estimate of drug-likeness (QED) is 0.804. The number of carbonyl (C=O) groups excluding carboxylic acids is 1. The molecule has 2 aliphatic rings. The number of nitrogens with zero attached hydrogens (tertiary/aromatic N) is 3. The SMILES string of the molecule is O=C(/C=C/c1ccc2c(c1)OCO2)N1CCC(Cn2ccnc2)CC1. The van der Waals surface area contributed by atoms with Gasteiger partial charge in [-0.1, -0.05) is 6.07 Å². The lowest BCUT2D eigenvalue weighted by atomic mass is 9.96. The van der Waals surface area contributed by atoms with E-state index < -0.39 is 0 Å². The van der Waals surface area contributed by atoms with Gasteiger partial charge < -0.3 is 18.9 Å². The lowest BCUT2D eigenvalue weighted by molar-refractivity contribution is -0.127. The number of fused-ring (bicyclic) bond motifs is 1. The first kappa shape index (κ1) is 15.7. The van der Waals surface area contributed by atoms with Gasteiger partial charge in [0.25, 0.3) is 0 Å². The molecule has 1 saturated heterocycles. The van der Waals surface area contributed by atoms with Gasteiger partial charge in [0.05, 0.1) is 6.33 Å². The van der Waals surface area contributed by atoms with Crippen molar-refractivity contribution in [2.45, 2.75) is 19.4 Å². The van der Waals surface area contributed by atoms with Crippen molar-refractivity contribution >= 4 is 12.0 Å². The highest BCUT2D eigenvalue weighted by Crippen LogP contribution is 2.32. The van der Waals surface area contributed by atoms with Gasteiger partial charge in [0.2, 0.25) is 12.7 Å². The third kappa shape index (κ3) is 3.68. The van der Waals surface area contributed by atoms with Crippen LogP contribution in [0.4, 0.5) is 0 Å². The summed E-state index contributed by atoms with van der Waals surface area (Å²) in [5.41, 5.74) is 0.938. The molecule has 0 N–H and O–H groups in total. The van der Waals surface area contributed by atoms with Crippen molar-refractivity contribution in [3.05, 3.63) is 48.6 Å². The lowest BCUT2D eigenvalue weighted by Gasteiger charge is -2.31. The molecule has 0 aliphatic carbocycles. The van der Waals surface area contributed by atoms with E-state index in [2.05, 4.69) is 9.55 Å². The third-order valence-corrected chi connectivity index (χ3v) is 4.77. The van der Waals surface area contributed by atoms with E-state index in [4.69, 9.17) is 9.47 Å². The van der Waals surface area contributed by atoms with Crippen LogP contribution >= 0.6 is 0 Å². The molecule has 6 heteroatoms. The summed E-state index contributed by atoms with van der Waals surface area (Å²) >= 11 is 0. The third-order valence-electron chi connectivity index (χ3n) is 4.77. The molecular weight excluding hydrogens is 318 g/mol. The smallest absolute Gasteiger partial charge is 0.246 e. The monoisotopic (exact) mass is 339 g/mol. The van der Waals surface area contributed by atoms with E-state index in [0.29, 0.717) is 5.92 Å². The van der Waals surface area contributed by atoms with Crippen molar-refractivity contribution in [2.24, 2.45) is 5.92 Å². The van der Waals surface area contributed by atoms with Crippen molar-refractivity contribution in [2.75, 3.05) is 19.9 Å². The molecule has 130 valence electrons. The Morgan fingerprint density at radius 3 is 2.88 bits per heavy atom. The van der Waals surface area contributed by atoms with E-state index in [0.717, 1.165) is 49.5 Å². The molecule has 6 nitrogen and oxygen atoms in total. The summed E-state index contributed by atoms with van der Waals surface area (Å²) in [6, 6.07) is 5.69. The van der Waals surface area contributed by atoms with Gasteiger partial charge in [-0.2, -0.15) is 0 Å². The zero-order valence-corrected chi connectivity index (χ0v) is 14.0. The van der Waals surface area contributed by atoms with Gasteiger partial charge >= 0.3 is 0 Å². The van der Waals surface area contributed by atoms with Gasteiger partial charge in [-0.3, -0.25) is 4.79 Å². The largest absolute Gasteiger partial charge is 0.454 e. The highest BCUT2D eigenvalue weighted by molar-refractivity contribution is 5.91. The number of hydrogen-bond acceptors (Lipinski definition) is 4. The van der Waals surface area contributed by atoms with Crippen LogP contribution < -0.4 is 9.47 Å². The molecule has 2 aliphatic heterocycles. The van der Waals surface area contributed by atoms with Gasteiger partial charge in [-0.25, -0.2) is 4.98 Å². The van der Waals surface area contributed by atoms with E-state index in [1.807, 2.05) is 41.7 Å². The Morgan fingerprint density at radius 1 is 1.24 bits per heavy atom. The molecule has 0 radical (unpaired) electrons. The Hall–Kier alpha value is -2.76. The molecule has 0 unspecified atom stereocenters. The summed E-state index contributed by atoms with van der Waals surface area (Å²) in [6.07, 6.45) is 11.2. The van der Waals surface area contributed by atoms with E-state index in [1.165, 1.54) is 0 Å². The number of carbonyl (C=O) groups is 1. The summed E-state index contributed by atoms with van der Waals surface area (Å²) in [5.74, 6) is 2.16. The number of imidazole rings is 1. The molecule has 4 rings (SSSR count). The second kappa shape index (κ2) is 7.01. The van der Waals surface area contributed by atoms with E-state index in [1.54, 1.807) is 12.3 Å². The molecule has 3 heterocycles. The number of aromatic nitrogens is 2. The minimum absolute atomic E-state index is 0.0683. The maximum absolute atomic E-state index is 12.4. The van der Waals surface area contributed by atoms with Crippen molar-refractivity contribution < 1.29 is 14.3 Å². The predicted octanol–water partition coefficient (Wildman–Crippen LogP) is 2.56. The van der Waals surface area contributed by atoms with Gasteiger partial charge in [0, 0.05) is 38.1 Å². The van der Waals surface area contributed by atoms with Crippen LogP contribution in [0, 0.1) is 5.92 Å². The number of piperidine rings is 1. The first-order chi connectivity index (χ1) is 12.3. The van der Waals surface area contributed by atoms with Gasteiger partial charge in [0.15, 0.2) is 11.5 Å². The van der Waals surface area contributed by atoms with Crippen LogP contribution in [0.5, 0.6) is 11.5 Å². The molecule has 0 spiro atoms. The number of benzene rings is 1. The Labute approximate surface area is 146 Å².